The van der Waals surface area contributed by atoms with Gasteiger partial charge in [0.2, 0.25) is 0 Å². The summed E-state index contributed by atoms with van der Waals surface area (Å²) in [5.74, 6) is -1.39. The Bertz CT molecular complexity index is 2870. The maximum atomic E-state index is 12.5. The van der Waals surface area contributed by atoms with Gasteiger partial charge in [-0.3, -0.25) is 20.0 Å². The molecule has 0 atom stereocenters. The predicted octanol–water partition coefficient (Wildman–Crippen LogP) is 14.1. The number of hydrogen-bond donors (Lipinski definition) is 0. The summed E-state index contributed by atoms with van der Waals surface area (Å²) in [6.45, 7) is 29.9. The second kappa shape index (κ2) is 40.0. The quantitative estimate of drug-likeness (QED) is 0.0415. The van der Waals surface area contributed by atoms with Crippen LogP contribution in [0.1, 0.15) is 84.6 Å². The van der Waals surface area contributed by atoms with Gasteiger partial charge in [0.25, 0.3) is 0 Å². The Labute approximate surface area is 526 Å². The van der Waals surface area contributed by atoms with Gasteiger partial charge in [0, 0.05) is 29.7 Å². The number of para-hydroxylation sites is 8. The molecule has 0 bridgehead atoms. The molecule has 85 heavy (non-hydrogen) atoms. The van der Waals surface area contributed by atoms with E-state index in [0.29, 0.717) is 67.8 Å². The number of hydrogen-bond acceptors (Lipinski definition) is 9. The topological polar surface area (TPSA) is 194 Å². The fraction of sp³-hybridized carbons (Fsp3) is 0.243. The van der Waals surface area contributed by atoms with Crippen LogP contribution in [0.4, 0.5) is 45.5 Å². The Kier molecular flexibility index (Phi) is 34.3. The van der Waals surface area contributed by atoms with Crippen molar-refractivity contribution in [2.45, 2.75) is 62.3 Å². The normalized spacial score (nSPS) is 11.3. The molecule has 0 fully saturated rings. The molecule has 0 unspecified atom stereocenters. The van der Waals surface area contributed by atoms with Crippen LogP contribution < -0.4 is 20.4 Å². The van der Waals surface area contributed by atoms with Crippen molar-refractivity contribution >= 4 is 69.1 Å². The third kappa shape index (κ3) is 23.7. The Morgan fingerprint density at radius 2 is 0.471 bits per heavy atom. The van der Waals surface area contributed by atoms with Gasteiger partial charge in [-0.15, -0.1) is 22.7 Å². The van der Waals surface area contributed by atoms with E-state index in [9.17, 15) is 20.4 Å². The number of rotatable bonds is 20. The van der Waals surface area contributed by atoms with E-state index >= 15 is 0 Å². The first-order valence-electron chi connectivity index (χ1n) is 28.4. The standard InChI is InChI=1S/2C26H20N3O2.2C8H20N.C2H3N.2Co/c2*30-25(19-11-3-1-4-12-19)28-23-17-9-7-15-21(23)27-22-16-8-10-18-24(22)29-26(31)20-13-5-2-6-14-20;2*1-5-9(6-2,7-3)8-4;1-2-3;;/h2*1-18H,(H,28,30)(H,29,31);2*5-8H2,1-4H3;1H3;;/q2*-1;2*+1;;2*+2/p-4. The summed E-state index contributed by atoms with van der Waals surface area (Å²) in [6, 6.07) is 65.7. The van der Waals surface area contributed by atoms with Crippen LogP contribution >= 0.6 is 0 Å². The summed E-state index contributed by atoms with van der Waals surface area (Å²) < 4.78 is 2.56. The summed E-state index contributed by atoms with van der Waals surface area (Å²) in [6.07, 6.45) is 0. The van der Waals surface area contributed by atoms with Crippen molar-refractivity contribution in [2.75, 3.05) is 52.4 Å². The van der Waals surface area contributed by atoms with Crippen LogP contribution in [0.15, 0.2) is 238 Å². The average molecular weight is 1230 g/mol. The van der Waals surface area contributed by atoms with Crippen molar-refractivity contribution in [2.24, 2.45) is 20.0 Å². The molecular weight excluding hydrogens is 1150 g/mol. The summed E-state index contributed by atoms with van der Waals surface area (Å²) in [5, 5.41) is 66.7. The summed E-state index contributed by atoms with van der Waals surface area (Å²) >= 11 is 0. The average Bonchev–Trinajstić information content (AvgIpc) is 3.62. The van der Waals surface area contributed by atoms with Gasteiger partial charge >= 0.3 is 33.6 Å². The van der Waals surface area contributed by atoms with Crippen LogP contribution in [-0.4, -0.2) is 84.9 Å². The molecule has 13 nitrogen and oxygen atoms in total. The minimum absolute atomic E-state index is 0. The molecule has 0 saturated heterocycles. The fourth-order valence-corrected chi connectivity index (χ4v) is 8.57. The summed E-state index contributed by atoms with van der Waals surface area (Å²) in [4.78, 5) is 16.9. The van der Waals surface area contributed by atoms with Crippen molar-refractivity contribution in [1.29, 1.82) is 5.26 Å². The summed E-state index contributed by atoms with van der Waals surface area (Å²) in [7, 11) is 0. The minimum atomic E-state index is -0.347. The molecule has 0 amide bonds. The first-order valence-corrected chi connectivity index (χ1v) is 28.4. The van der Waals surface area contributed by atoms with Gasteiger partial charge in [0.1, 0.15) is 0 Å². The number of nitriles is 1. The number of quaternary nitrogens is 2. The first kappa shape index (κ1) is 72.8. The zero-order valence-corrected chi connectivity index (χ0v) is 52.3. The number of benzene rings is 8. The molecule has 8 rings (SSSR count). The van der Waals surface area contributed by atoms with E-state index in [4.69, 9.17) is 5.26 Å². The van der Waals surface area contributed by atoms with E-state index in [1.165, 1.54) is 68.2 Å². The molecule has 15 heteroatoms. The van der Waals surface area contributed by atoms with E-state index in [-0.39, 0.29) is 57.1 Å². The van der Waals surface area contributed by atoms with Crippen molar-refractivity contribution in [1.82, 2.24) is 0 Å². The van der Waals surface area contributed by atoms with Gasteiger partial charge in [-0.25, -0.2) is 0 Å². The molecular formula is C70H79Co2N9O4. The molecule has 0 aromatic heterocycles. The molecule has 0 heterocycles. The molecule has 0 spiro atoms. The van der Waals surface area contributed by atoms with Crippen LogP contribution in [0.2, 0.25) is 0 Å². The minimum Gasteiger partial charge on any atom is -0.858 e. The Hall–Kier alpha value is -8.34. The third-order valence-electron chi connectivity index (χ3n) is 14.3. The van der Waals surface area contributed by atoms with Crippen LogP contribution in [0, 0.1) is 11.3 Å². The van der Waals surface area contributed by atoms with Gasteiger partial charge in [-0.2, -0.15) is 5.26 Å². The first-order chi connectivity index (χ1) is 40.3. The predicted molar refractivity (Wildman–Crippen MR) is 338 cm³/mol. The zero-order chi connectivity index (χ0) is 60.3. The SMILES string of the molecule is CC#N.CC[N+](CC)(CC)CC.CC[N+](CC)(CC)CC.[Co+2].[Co+2].[O-]C(=Nc1ccccc1[N-]c1ccccc1N=C([O-])c1ccccc1)c1ccccc1.[O-]C(=Nc1ccccc1[N-]c1ccccc1N=C([O-])c1ccccc1)c1ccccc1. The van der Waals surface area contributed by atoms with E-state index < -0.39 is 0 Å². The van der Waals surface area contributed by atoms with Crippen LogP contribution in [0.25, 0.3) is 10.6 Å². The molecule has 0 aliphatic rings. The Morgan fingerprint density at radius 3 is 0.624 bits per heavy atom. The monoisotopic (exact) mass is 1230 g/mol. The molecule has 2 radical (unpaired) electrons. The molecule has 0 aliphatic heterocycles. The van der Waals surface area contributed by atoms with Crippen LogP contribution in [-0.2, 0) is 33.6 Å². The smallest absolute Gasteiger partial charge is 0.858 e. The molecule has 8 aromatic carbocycles. The number of nitrogens with zero attached hydrogens (tertiary/aromatic N) is 9. The Morgan fingerprint density at radius 1 is 0.318 bits per heavy atom. The Balaban J connectivity index is 0.000000428. The van der Waals surface area contributed by atoms with Crippen molar-refractivity contribution in [3.63, 3.8) is 0 Å². The largest absolute Gasteiger partial charge is 2.00 e. The van der Waals surface area contributed by atoms with Gasteiger partial charge in [-0.05, 0) is 126 Å². The maximum absolute atomic E-state index is 12.5. The van der Waals surface area contributed by atoms with Crippen molar-refractivity contribution in [3.8, 4) is 6.07 Å². The number of aliphatic imine (C=N–C) groups is 4. The van der Waals surface area contributed by atoms with E-state index in [2.05, 4.69) is 86.0 Å². The van der Waals surface area contributed by atoms with Crippen LogP contribution in [0.5, 0.6) is 0 Å². The molecule has 0 aliphatic carbocycles. The second-order valence-electron chi connectivity index (χ2n) is 18.7. The van der Waals surface area contributed by atoms with Gasteiger partial charge < -0.3 is 40.0 Å². The van der Waals surface area contributed by atoms with Crippen molar-refractivity contribution < 1.29 is 62.9 Å². The molecule has 8 aromatic rings. The van der Waals surface area contributed by atoms with Crippen molar-refractivity contribution in [3.05, 3.63) is 251 Å². The van der Waals surface area contributed by atoms with Gasteiger partial charge in [0.05, 0.1) is 58.4 Å². The third-order valence-corrected chi connectivity index (χ3v) is 14.3. The maximum Gasteiger partial charge on any atom is 2.00 e. The van der Waals surface area contributed by atoms with E-state index in [1.54, 1.807) is 176 Å². The molecule has 0 N–H and O–H groups in total. The fourth-order valence-electron chi connectivity index (χ4n) is 8.57. The molecule has 446 valence electrons. The van der Waals surface area contributed by atoms with Gasteiger partial charge in [0.15, 0.2) is 0 Å². The van der Waals surface area contributed by atoms with E-state index in [1.807, 2.05) is 48.5 Å². The van der Waals surface area contributed by atoms with E-state index in [0.717, 1.165) is 0 Å². The second-order valence-corrected chi connectivity index (χ2v) is 18.7. The zero-order valence-electron chi connectivity index (χ0n) is 50.3. The molecule has 0 saturated carbocycles. The summed E-state index contributed by atoms with van der Waals surface area (Å²) in [5.41, 5.74) is 5.85. The van der Waals surface area contributed by atoms with Crippen LogP contribution in [0.3, 0.4) is 0 Å². The van der Waals surface area contributed by atoms with Gasteiger partial charge in [-0.1, -0.05) is 194 Å².